The summed E-state index contributed by atoms with van der Waals surface area (Å²) in [5, 5.41) is 0. The van der Waals surface area contributed by atoms with E-state index in [0.29, 0.717) is 0 Å². The fraction of sp³-hybridized carbons (Fsp3) is 0.143. The summed E-state index contributed by atoms with van der Waals surface area (Å²) in [6, 6.07) is 17.6. The van der Waals surface area contributed by atoms with E-state index in [0.717, 1.165) is 16.7 Å². The van der Waals surface area contributed by atoms with Gasteiger partial charge in [0.25, 0.3) is 0 Å². The molecule has 0 saturated carbocycles. The summed E-state index contributed by atoms with van der Waals surface area (Å²) < 4.78 is -0.980. The number of hydrogen-bond acceptors (Lipinski definition) is 0. The summed E-state index contributed by atoms with van der Waals surface area (Å²) in [6.45, 7) is 2.01. The predicted octanol–water partition coefficient (Wildman–Crippen LogP) is 4.67. The molecule has 0 nitrogen and oxygen atoms in total. The molecule has 0 N–H and O–H groups in total. The van der Waals surface area contributed by atoms with Crippen molar-refractivity contribution in [1.82, 2.24) is 0 Å². The first kappa shape index (κ1) is 11.5. The Kier molecular flexibility index (Phi) is 3.22. The first-order valence-corrected chi connectivity index (χ1v) is 5.87. The van der Waals surface area contributed by atoms with Crippen molar-refractivity contribution < 1.29 is 0 Å². The van der Waals surface area contributed by atoms with Gasteiger partial charge in [-0.1, -0.05) is 77.8 Å². The molecule has 0 radical (unpaired) electrons. The molecule has 0 amide bonds. The van der Waals surface area contributed by atoms with Gasteiger partial charge in [0.2, 0.25) is 0 Å². The zero-order chi connectivity index (χ0) is 11.6. The molecule has 0 aromatic heterocycles. The van der Waals surface area contributed by atoms with E-state index in [1.165, 1.54) is 0 Å². The van der Waals surface area contributed by atoms with Gasteiger partial charge >= 0.3 is 0 Å². The van der Waals surface area contributed by atoms with Crippen molar-refractivity contribution >= 4 is 23.2 Å². The van der Waals surface area contributed by atoms with Gasteiger partial charge in [-0.2, -0.15) is 0 Å². The van der Waals surface area contributed by atoms with E-state index in [4.69, 9.17) is 23.2 Å². The topological polar surface area (TPSA) is 0 Å². The third-order valence-electron chi connectivity index (χ3n) is 2.62. The van der Waals surface area contributed by atoms with Crippen LogP contribution < -0.4 is 0 Å². The summed E-state index contributed by atoms with van der Waals surface area (Å²) in [5.74, 6) is 0. The van der Waals surface area contributed by atoms with Crippen LogP contribution in [0.4, 0.5) is 0 Å². The maximum absolute atomic E-state index is 6.46. The number of alkyl halides is 2. The molecular formula is C14H12Cl2. The Morgan fingerprint density at radius 1 is 0.812 bits per heavy atom. The smallest absolute Gasteiger partial charge is 0.0909 e. The molecule has 0 unspecified atom stereocenters. The molecule has 0 atom stereocenters. The number of hydrogen-bond donors (Lipinski definition) is 0. The van der Waals surface area contributed by atoms with Crippen LogP contribution in [0, 0.1) is 6.92 Å². The maximum atomic E-state index is 6.46. The molecule has 0 fully saturated rings. The van der Waals surface area contributed by atoms with E-state index >= 15 is 0 Å². The number of benzene rings is 2. The molecule has 2 aromatic rings. The molecule has 16 heavy (non-hydrogen) atoms. The number of halogens is 2. The normalized spacial score (nSPS) is 11.4. The molecule has 0 aliphatic carbocycles. The fourth-order valence-electron chi connectivity index (χ4n) is 1.73. The van der Waals surface area contributed by atoms with Crippen LogP contribution in [0.15, 0.2) is 54.6 Å². The SMILES string of the molecule is Cc1ccccc1C(Cl)(Cl)c1ccccc1. The molecule has 0 spiro atoms. The van der Waals surface area contributed by atoms with Gasteiger partial charge < -0.3 is 0 Å². The van der Waals surface area contributed by atoms with Crippen LogP contribution in [0.5, 0.6) is 0 Å². The Morgan fingerprint density at radius 3 is 2.00 bits per heavy atom. The lowest BCUT2D eigenvalue weighted by atomic mass is 9.99. The van der Waals surface area contributed by atoms with Crippen LogP contribution in [-0.4, -0.2) is 0 Å². The summed E-state index contributed by atoms with van der Waals surface area (Å²) in [6.07, 6.45) is 0. The van der Waals surface area contributed by atoms with Gasteiger partial charge in [0.15, 0.2) is 4.33 Å². The summed E-state index contributed by atoms with van der Waals surface area (Å²) in [4.78, 5) is 0. The molecule has 2 rings (SSSR count). The van der Waals surface area contributed by atoms with Crippen molar-refractivity contribution in [2.45, 2.75) is 11.3 Å². The van der Waals surface area contributed by atoms with Crippen LogP contribution in [0.2, 0.25) is 0 Å². The molecule has 82 valence electrons. The first-order valence-electron chi connectivity index (χ1n) is 5.12. The van der Waals surface area contributed by atoms with Gasteiger partial charge in [0.05, 0.1) is 0 Å². The van der Waals surface area contributed by atoms with Crippen LogP contribution in [0.25, 0.3) is 0 Å². The van der Waals surface area contributed by atoms with Crippen molar-refractivity contribution in [3.8, 4) is 0 Å². The van der Waals surface area contributed by atoms with E-state index in [1.807, 2.05) is 61.5 Å². The van der Waals surface area contributed by atoms with Crippen molar-refractivity contribution in [3.05, 3.63) is 71.3 Å². The van der Waals surface area contributed by atoms with Crippen molar-refractivity contribution in [2.24, 2.45) is 0 Å². The monoisotopic (exact) mass is 250 g/mol. The lowest BCUT2D eigenvalue weighted by Gasteiger charge is -2.22. The Balaban J connectivity index is 2.51. The summed E-state index contributed by atoms with van der Waals surface area (Å²) >= 11 is 12.9. The van der Waals surface area contributed by atoms with Crippen molar-refractivity contribution in [2.75, 3.05) is 0 Å². The molecule has 0 bridgehead atoms. The molecule has 0 saturated heterocycles. The highest BCUT2D eigenvalue weighted by Crippen LogP contribution is 2.41. The second-order valence-corrected chi connectivity index (χ2v) is 5.08. The largest absolute Gasteiger partial charge is 0.168 e. The quantitative estimate of drug-likeness (QED) is 0.680. The van der Waals surface area contributed by atoms with Crippen LogP contribution in [0.1, 0.15) is 16.7 Å². The Bertz CT molecular complexity index is 475. The highest BCUT2D eigenvalue weighted by molar-refractivity contribution is 6.50. The Hall–Kier alpha value is -0.980. The van der Waals surface area contributed by atoms with Gasteiger partial charge in [-0.05, 0) is 23.6 Å². The van der Waals surface area contributed by atoms with Crippen LogP contribution in [-0.2, 0) is 4.33 Å². The molecule has 0 aliphatic heterocycles. The van der Waals surface area contributed by atoms with Gasteiger partial charge in [-0.3, -0.25) is 0 Å². The van der Waals surface area contributed by atoms with Gasteiger partial charge in [0, 0.05) is 0 Å². The van der Waals surface area contributed by atoms with E-state index in [1.54, 1.807) is 0 Å². The number of rotatable bonds is 2. The minimum atomic E-state index is -0.980. The summed E-state index contributed by atoms with van der Waals surface area (Å²) in [7, 11) is 0. The zero-order valence-corrected chi connectivity index (χ0v) is 10.5. The van der Waals surface area contributed by atoms with Crippen LogP contribution in [0.3, 0.4) is 0 Å². The average Bonchev–Trinajstić information content (AvgIpc) is 2.30. The minimum Gasteiger partial charge on any atom is -0.0909 e. The molecule has 2 heteroatoms. The minimum absolute atomic E-state index is 0.896. The average molecular weight is 251 g/mol. The van der Waals surface area contributed by atoms with Gasteiger partial charge in [-0.25, -0.2) is 0 Å². The third-order valence-corrected chi connectivity index (χ3v) is 3.46. The lowest BCUT2D eigenvalue weighted by Crippen LogP contribution is -2.13. The van der Waals surface area contributed by atoms with Crippen LogP contribution >= 0.6 is 23.2 Å². The van der Waals surface area contributed by atoms with Gasteiger partial charge in [0.1, 0.15) is 0 Å². The second kappa shape index (κ2) is 4.48. The number of aryl methyl sites for hydroxylation is 1. The highest BCUT2D eigenvalue weighted by Gasteiger charge is 2.29. The summed E-state index contributed by atoms with van der Waals surface area (Å²) in [5.41, 5.74) is 2.92. The Morgan fingerprint density at radius 2 is 1.38 bits per heavy atom. The Labute approximate surface area is 106 Å². The maximum Gasteiger partial charge on any atom is 0.168 e. The molecule has 0 aliphatic rings. The third kappa shape index (κ3) is 2.09. The van der Waals surface area contributed by atoms with E-state index < -0.39 is 4.33 Å². The highest BCUT2D eigenvalue weighted by atomic mass is 35.5. The molecular weight excluding hydrogens is 239 g/mol. The molecule has 2 aromatic carbocycles. The fourth-order valence-corrected chi connectivity index (χ4v) is 2.40. The lowest BCUT2D eigenvalue weighted by molar-refractivity contribution is 1.02. The van der Waals surface area contributed by atoms with Crippen molar-refractivity contribution in [1.29, 1.82) is 0 Å². The first-order chi connectivity index (χ1) is 7.62. The second-order valence-electron chi connectivity index (χ2n) is 3.76. The predicted molar refractivity (Wildman–Crippen MR) is 70.1 cm³/mol. The standard InChI is InChI=1S/C14H12Cl2/c1-11-7-5-6-10-13(11)14(15,16)12-8-3-2-4-9-12/h2-10H,1H3. The van der Waals surface area contributed by atoms with E-state index in [2.05, 4.69) is 0 Å². The van der Waals surface area contributed by atoms with Gasteiger partial charge in [-0.15, -0.1) is 0 Å². The van der Waals surface area contributed by atoms with E-state index in [-0.39, 0.29) is 0 Å². The molecule has 0 heterocycles. The zero-order valence-electron chi connectivity index (χ0n) is 8.95. The van der Waals surface area contributed by atoms with E-state index in [9.17, 15) is 0 Å². The van der Waals surface area contributed by atoms with Crippen molar-refractivity contribution in [3.63, 3.8) is 0 Å².